The Morgan fingerprint density at radius 3 is 2.28 bits per heavy atom. The first-order valence-corrected chi connectivity index (χ1v) is 10.0. The molecule has 1 amide bonds. The highest BCUT2D eigenvalue weighted by molar-refractivity contribution is 5.79. The number of aliphatic hydroxyl groups is 1. The molecule has 1 atom stereocenters. The van der Waals surface area contributed by atoms with E-state index in [2.05, 4.69) is 29.6 Å². The lowest BCUT2D eigenvalue weighted by Crippen LogP contribution is -2.47. The predicted molar refractivity (Wildman–Crippen MR) is 112 cm³/mol. The van der Waals surface area contributed by atoms with Crippen LogP contribution in [0.2, 0.25) is 0 Å². The molecule has 4 nitrogen and oxygen atoms in total. The number of nitrogens with one attached hydrogen (secondary N) is 1. The Morgan fingerprint density at radius 1 is 0.966 bits per heavy atom. The minimum atomic E-state index is -0.765. The smallest absolute Gasteiger partial charge is 0.407 e. The van der Waals surface area contributed by atoms with Crippen molar-refractivity contribution in [2.45, 2.75) is 24.3 Å². The number of hydrogen-bond donors (Lipinski definition) is 2. The number of carbonyl (C=O) groups is 1. The van der Waals surface area contributed by atoms with E-state index in [1.807, 2.05) is 48.5 Å². The van der Waals surface area contributed by atoms with Gasteiger partial charge in [0.1, 0.15) is 6.61 Å². The van der Waals surface area contributed by atoms with E-state index in [1.54, 1.807) is 0 Å². The number of aryl methyl sites for hydroxylation is 1. The molecule has 0 heterocycles. The zero-order chi connectivity index (χ0) is 19.8. The summed E-state index contributed by atoms with van der Waals surface area (Å²) in [6.07, 6.45) is 1.02. The van der Waals surface area contributed by atoms with Crippen molar-refractivity contribution < 1.29 is 14.6 Å². The van der Waals surface area contributed by atoms with E-state index < -0.39 is 11.6 Å². The van der Waals surface area contributed by atoms with Gasteiger partial charge in [-0.05, 0) is 46.2 Å². The topological polar surface area (TPSA) is 58.6 Å². The molecule has 1 unspecified atom stereocenters. The van der Waals surface area contributed by atoms with Gasteiger partial charge >= 0.3 is 6.09 Å². The summed E-state index contributed by atoms with van der Waals surface area (Å²) in [7, 11) is 0. The van der Waals surface area contributed by atoms with Crippen LogP contribution in [-0.2, 0) is 16.7 Å². The lowest BCUT2D eigenvalue weighted by Gasteiger charge is -2.29. The van der Waals surface area contributed by atoms with Gasteiger partial charge in [0.15, 0.2) is 0 Å². The molecule has 4 heteroatoms. The number of carbonyl (C=O) groups excluding carboxylic acids is 1. The molecule has 2 N–H and O–H groups in total. The summed E-state index contributed by atoms with van der Waals surface area (Å²) < 4.78 is 5.68. The third kappa shape index (κ3) is 2.91. The molecule has 0 saturated heterocycles. The number of hydrogen-bond acceptors (Lipinski definition) is 3. The highest BCUT2D eigenvalue weighted by Gasteiger charge is 2.40. The van der Waals surface area contributed by atoms with Gasteiger partial charge in [-0.2, -0.15) is 0 Å². The Labute approximate surface area is 170 Å². The lowest BCUT2D eigenvalue weighted by molar-refractivity contribution is 0.108. The van der Waals surface area contributed by atoms with E-state index >= 15 is 0 Å². The van der Waals surface area contributed by atoms with Gasteiger partial charge in [0.2, 0.25) is 0 Å². The van der Waals surface area contributed by atoms with Crippen molar-refractivity contribution in [3.05, 3.63) is 95.1 Å². The quantitative estimate of drug-likeness (QED) is 0.702. The number of benzene rings is 3. The van der Waals surface area contributed by atoms with E-state index in [4.69, 9.17) is 4.74 Å². The molecule has 3 aromatic carbocycles. The largest absolute Gasteiger partial charge is 0.449 e. The summed E-state index contributed by atoms with van der Waals surface area (Å²) in [4.78, 5) is 12.7. The fraction of sp³-hybridized carbons (Fsp3) is 0.240. The van der Waals surface area contributed by atoms with Crippen LogP contribution in [0.3, 0.4) is 0 Å². The maximum absolute atomic E-state index is 12.7. The Hall–Kier alpha value is -3.11. The first-order valence-electron chi connectivity index (χ1n) is 10.0. The molecule has 146 valence electrons. The number of rotatable bonds is 4. The van der Waals surface area contributed by atoms with Crippen molar-refractivity contribution in [1.82, 2.24) is 5.32 Å². The van der Waals surface area contributed by atoms with Crippen LogP contribution in [0.4, 0.5) is 4.79 Å². The molecule has 0 aromatic heterocycles. The Morgan fingerprint density at radius 2 is 1.59 bits per heavy atom. The lowest BCUT2D eigenvalue weighted by atomic mass is 9.93. The van der Waals surface area contributed by atoms with Crippen LogP contribution in [0.25, 0.3) is 11.1 Å². The van der Waals surface area contributed by atoms with Crippen LogP contribution < -0.4 is 5.32 Å². The Kier molecular flexibility index (Phi) is 4.36. The minimum absolute atomic E-state index is 0.0223. The van der Waals surface area contributed by atoms with Gasteiger partial charge in [-0.15, -0.1) is 0 Å². The van der Waals surface area contributed by atoms with E-state index in [0.717, 1.165) is 12.0 Å². The van der Waals surface area contributed by atoms with Crippen LogP contribution in [0.15, 0.2) is 72.8 Å². The molecule has 5 rings (SSSR count). The number of ether oxygens (including phenoxy) is 1. The normalized spacial score (nSPS) is 19.3. The third-order valence-electron chi connectivity index (χ3n) is 6.31. The molecule has 0 bridgehead atoms. The second kappa shape index (κ2) is 7.05. The molecule has 3 aromatic rings. The van der Waals surface area contributed by atoms with E-state index in [-0.39, 0.29) is 19.1 Å². The van der Waals surface area contributed by atoms with Crippen molar-refractivity contribution in [1.29, 1.82) is 0 Å². The summed E-state index contributed by atoms with van der Waals surface area (Å²) in [6, 6.07) is 24.5. The van der Waals surface area contributed by atoms with Crippen LogP contribution >= 0.6 is 0 Å². The molecule has 0 aliphatic heterocycles. The highest BCUT2D eigenvalue weighted by atomic mass is 16.5. The molecular weight excluding hydrogens is 362 g/mol. The monoisotopic (exact) mass is 385 g/mol. The fourth-order valence-electron chi connectivity index (χ4n) is 4.85. The summed E-state index contributed by atoms with van der Waals surface area (Å²) in [5, 5.41) is 13.0. The van der Waals surface area contributed by atoms with Crippen molar-refractivity contribution in [2.24, 2.45) is 0 Å². The van der Waals surface area contributed by atoms with Crippen LogP contribution in [0.1, 0.15) is 34.6 Å². The van der Waals surface area contributed by atoms with E-state index in [1.165, 1.54) is 27.8 Å². The van der Waals surface area contributed by atoms with Crippen LogP contribution in [0, 0.1) is 0 Å². The maximum atomic E-state index is 12.7. The zero-order valence-corrected chi connectivity index (χ0v) is 16.1. The van der Waals surface area contributed by atoms with Gasteiger partial charge in [-0.3, -0.25) is 0 Å². The molecule has 0 fully saturated rings. The molecule has 0 radical (unpaired) electrons. The SMILES string of the molecule is O=C(NC1(CO)CCc2ccccc21)OCC1c2ccccc2-c2ccccc21. The number of alkyl carbamates (subject to hydrolysis) is 1. The summed E-state index contributed by atoms with van der Waals surface area (Å²) in [5.41, 5.74) is 6.16. The Bertz CT molecular complexity index is 1030. The zero-order valence-electron chi connectivity index (χ0n) is 16.1. The van der Waals surface area contributed by atoms with Gasteiger partial charge in [0.05, 0.1) is 12.1 Å². The molecule has 0 saturated carbocycles. The van der Waals surface area contributed by atoms with Crippen molar-refractivity contribution in [2.75, 3.05) is 13.2 Å². The molecule has 2 aliphatic carbocycles. The van der Waals surface area contributed by atoms with Gasteiger partial charge in [0.25, 0.3) is 0 Å². The first-order chi connectivity index (χ1) is 14.2. The second-order valence-electron chi connectivity index (χ2n) is 7.85. The summed E-state index contributed by atoms with van der Waals surface area (Å²) in [5.74, 6) is 0.0223. The maximum Gasteiger partial charge on any atom is 0.407 e. The van der Waals surface area contributed by atoms with E-state index in [0.29, 0.717) is 6.42 Å². The van der Waals surface area contributed by atoms with Crippen LogP contribution in [0.5, 0.6) is 0 Å². The average Bonchev–Trinajstić information content (AvgIpc) is 3.29. The van der Waals surface area contributed by atoms with E-state index in [9.17, 15) is 9.90 Å². The predicted octanol–water partition coefficient (Wildman–Crippen LogP) is 4.36. The fourth-order valence-corrected chi connectivity index (χ4v) is 4.85. The van der Waals surface area contributed by atoms with Gasteiger partial charge < -0.3 is 15.2 Å². The molecule has 29 heavy (non-hydrogen) atoms. The number of fused-ring (bicyclic) bond motifs is 4. The number of aliphatic hydroxyl groups excluding tert-OH is 1. The highest BCUT2D eigenvalue weighted by Crippen LogP contribution is 2.44. The molecule has 0 spiro atoms. The summed E-state index contributed by atoms with van der Waals surface area (Å²) >= 11 is 0. The first kappa shape index (κ1) is 18.0. The average molecular weight is 385 g/mol. The molecule has 2 aliphatic rings. The van der Waals surface area contributed by atoms with Crippen molar-refractivity contribution >= 4 is 6.09 Å². The van der Waals surface area contributed by atoms with Crippen LogP contribution in [-0.4, -0.2) is 24.4 Å². The standard InChI is InChI=1S/C25H23NO3/c27-16-25(14-13-17-7-1-6-12-23(17)25)26-24(28)29-15-22-20-10-4-2-8-18(20)19-9-3-5-11-21(19)22/h1-12,22,27H,13-16H2,(H,26,28). The van der Waals surface area contributed by atoms with Gasteiger partial charge in [-0.25, -0.2) is 4.79 Å². The second-order valence-corrected chi connectivity index (χ2v) is 7.85. The number of amides is 1. The summed E-state index contributed by atoms with van der Waals surface area (Å²) in [6.45, 7) is 0.122. The third-order valence-corrected chi connectivity index (χ3v) is 6.31. The van der Waals surface area contributed by atoms with Gasteiger partial charge in [0, 0.05) is 5.92 Å². The molecular formula is C25H23NO3. The van der Waals surface area contributed by atoms with Crippen molar-refractivity contribution in [3.63, 3.8) is 0 Å². The van der Waals surface area contributed by atoms with Crippen molar-refractivity contribution in [3.8, 4) is 11.1 Å². The Balaban J connectivity index is 1.34. The van der Waals surface area contributed by atoms with Gasteiger partial charge in [-0.1, -0.05) is 72.8 Å². The minimum Gasteiger partial charge on any atom is -0.449 e.